The summed E-state index contributed by atoms with van der Waals surface area (Å²) >= 11 is 5.99. The summed E-state index contributed by atoms with van der Waals surface area (Å²) in [5.41, 5.74) is 1.23. The number of urea groups is 1. The van der Waals surface area contributed by atoms with Gasteiger partial charge in [0.1, 0.15) is 5.69 Å². The van der Waals surface area contributed by atoms with Crippen molar-refractivity contribution < 1.29 is 14.3 Å². The fourth-order valence-corrected chi connectivity index (χ4v) is 2.91. The molecule has 25 heavy (non-hydrogen) atoms. The summed E-state index contributed by atoms with van der Waals surface area (Å²) in [6.07, 6.45) is 3.53. The number of hydrogen-bond acceptors (Lipinski definition) is 4. The second-order valence-corrected chi connectivity index (χ2v) is 6.23. The molecule has 0 aliphatic carbocycles. The van der Waals surface area contributed by atoms with Crippen molar-refractivity contribution in [2.75, 3.05) is 24.6 Å². The number of carbonyl (C=O) groups excluding carboxylic acids is 2. The Kier molecular flexibility index (Phi) is 6.87. The third kappa shape index (κ3) is 4.54. The van der Waals surface area contributed by atoms with Crippen molar-refractivity contribution in [2.24, 2.45) is 0 Å². The van der Waals surface area contributed by atoms with Crippen LogP contribution < -0.4 is 4.90 Å². The fraction of sp³-hybridized carbons (Fsp3) is 0.588. The molecule has 0 radical (unpaired) electrons. The van der Waals surface area contributed by atoms with E-state index in [2.05, 4.69) is 23.5 Å². The maximum atomic E-state index is 12.8. The summed E-state index contributed by atoms with van der Waals surface area (Å²) in [5, 5.41) is 0.240. The quantitative estimate of drug-likeness (QED) is 0.531. The maximum absolute atomic E-state index is 12.8. The van der Waals surface area contributed by atoms with E-state index in [1.54, 1.807) is 16.7 Å². The molecule has 2 heterocycles. The predicted octanol–water partition coefficient (Wildman–Crippen LogP) is 3.81. The van der Waals surface area contributed by atoms with Crippen molar-refractivity contribution in [3.05, 3.63) is 17.6 Å². The van der Waals surface area contributed by atoms with Crippen LogP contribution >= 0.6 is 11.6 Å². The molecule has 0 saturated carbocycles. The van der Waals surface area contributed by atoms with Crippen LogP contribution in [0.1, 0.15) is 51.6 Å². The second-order valence-electron chi connectivity index (χ2n) is 5.87. The van der Waals surface area contributed by atoms with Crippen LogP contribution in [0.15, 0.2) is 6.58 Å². The van der Waals surface area contributed by atoms with Gasteiger partial charge in [0.25, 0.3) is 0 Å². The number of nitrogens with zero attached hydrogens (tertiary/aromatic N) is 3. The highest BCUT2D eigenvalue weighted by atomic mass is 35.5. The SMILES string of the molecule is C=C1c2[nH]c(Cl)nc2N(CCCC)C(=O)N1CCCCC(=O)OCC. The molecule has 0 fully saturated rings. The number of ether oxygens (including phenoxy) is 1. The van der Waals surface area contributed by atoms with E-state index in [0.717, 1.165) is 12.8 Å². The van der Waals surface area contributed by atoms with E-state index in [9.17, 15) is 9.59 Å². The van der Waals surface area contributed by atoms with Crippen LogP contribution in [0.4, 0.5) is 10.6 Å². The Balaban J connectivity index is 2.04. The first-order chi connectivity index (χ1) is 12.0. The number of H-pyrrole nitrogens is 1. The molecule has 0 bridgehead atoms. The second kappa shape index (κ2) is 8.89. The molecule has 1 aromatic heterocycles. The number of carbonyl (C=O) groups is 2. The maximum Gasteiger partial charge on any atom is 0.330 e. The van der Waals surface area contributed by atoms with Gasteiger partial charge in [-0.3, -0.25) is 14.6 Å². The van der Waals surface area contributed by atoms with Crippen LogP contribution in [0, 0.1) is 0 Å². The van der Waals surface area contributed by atoms with Crippen molar-refractivity contribution in [2.45, 2.75) is 46.0 Å². The molecule has 2 rings (SSSR count). The van der Waals surface area contributed by atoms with Gasteiger partial charge in [-0.25, -0.2) is 4.79 Å². The van der Waals surface area contributed by atoms with Gasteiger partial charge in [0.15, 0.2) is 5.82 Å². The number of fused-ring (bicyclic) bond motifs is 1. The van der Waals surface area contributed by atoms with E-state index in [1.165, 1.54) is 0 Å². The topological polar surface area (TPSA) is 78.5 Å². The zero-order chi connectivity index (χ0) is 18.4. The Morgan fingerprint density at radius 2 is 1.96 bits per heavy atom. The molecule has 1 aliphatic heterocycles. The number of aromatic nitrogens is 2. The summed E-state index contributed by atoms with van der Waals surface area (Å²) in [6.45, 7) is 9.31. The fourth-order valence-electron chi connectivity index (χ4n) is 2.74. The first kappa shape index (κ1) is 19.3. The largest absolute Gasteiger partial charge is 0.466 e. The van der Waals surface area contributed by atoms with Gasteiger partial charge in [0.2, 0.25) is 5.28 Å². The highest BCUT2D eigenvalue weighted by molar-refractivity contribution is 6.28. The van der Waals surface area contributed by atoms with Gasteiger partial charge in [-0.2, -0.15) is 4.98 Å². The number of imidazole rings is 1. The Morgan fingerprint density at radius 1 is 1.24 bits per heavy atom. The third-order valence-corrected chi connectivity index (χ3v) is 4.22. The van der Waals surface area contributed by atoms with Crippen LogP contribution in [0.2, 0.25) is 5.28 Å². The van der Waals surface area contributed by atoms with Crippen molar-refractivity contribution >= 4 is 35.1 Å². The van der Waals surface area contributed by atoms with Crippen LogP contribution in [0.3, 0.4) is 0 Å². The monoisotopic (exact) mass is 368 g/mol. The molecular formula is C17H25ClN4O3. The van der Waals surface area contributed by atoms with E-state index >= 15 is 0 Å². The van der Waals surface area contributed by atoms with E-state index in [0.29, 0.717) is 56.2 Å². The average molecular weight is 369 g/mol. The highest BCUT2D eigenvalue weighted by Gasteiger charge is 2.35. The van der Waals surface area contributed by atoms with E-state index in [4.69, 9.17) is 16.3 Å². The lowest BCUT2D eigenvalue weighted by molar-refractivity contribution is -0.143. The summed E-state index contributed by atoms with van der Waals surface area (Å²) in [4.78, 5) is 34.7. The van der Waals surface area contributed by atoms with Gasteiger partial charge < -0.3 is 9.72 Å². The number of nitrogens with one attached hydrogen (secondary N) is 1. The highest BCUT2D eigenvalue weighted by Crippen LogP contribution is 2.34. The number of esters is 1. The lowest BCUT2D eigenvalue weighted by atomic mass is 10.1. The number of halogens is 1. The zero-order valence-electron chi connectivity index (χ0n) is 14.8. The number of rotatable bonds is 9. The minimum Gasteiger partial charge on any atom is -0.466 e. The van der Waals surface area contributed by atoms with Crippen molar-refractivity contribution in [1.29, 1.82) is 0 Å². The average Bonchev–Trinajstić information content (AvgIpc) is 2.96. The molecule has 0 aromatic carbocycles. The van der Waals surface area contributed by atoms with Crippen LogP contribution in [0.25, 0.3) is 5.70 Å². The van der Waals surface area contributed by atoms with Gasteiger partial charge in [-0.05, 0) is 37.8 Å². The molecule has 0 spiro atoms. The molecule has 7 nitrogen and oxygen atoms in total. The summed E-state index contributed by atoms with van der Waals surface area (Å²) in [6, 6.07) is -0.148. The van der Waals surface area contributed by atoms with Gasteiger partial charge in [0, 0.05) is 19.5 Å². The van der Waals surface area contributed by atoms with E-state index in [1.807, 2.05) is 0 Å². The van der Waals surface area contributed by atoms with Crippen molar-refractivity contribution in [1.82, 2.24) is 14.9 Å². The Bertz CT molecular complexity index is 644. The lowest BCUT2D eigenvalue weighted by Gasteiger charge is -2.35. The molecular weight excluding hydrogens is 344 g/mol. The van der Waals surface area contributed by atoms with Gasteiger partial charge in [-0.1, -0.05) is 19.9 Å². The van der Waals surface area contributed by atoms with Crippen molar-refractivity contribution in [3.8, 4) is 0 Å². The van der Waals surface area contributed by atoms with Crippen LogP contribution in [-0.4, -0.2) is 46.6 Å². The molecule has 2 amide bonds. The number of hydrogen-bond donors (Lipinski definition) is 1. The number of amides is 2. The Labute approximate surface area is 153 Å². The normalized spacial score (nSPS) is 14.0. The number of unbranched alkanes of at least 4 members (excludes halogenated alkanes) is 2. The van der Waals surface area contributed by atoms with Crippen LogP contribution in [0.5, 0.6) is 0 Å². The smallest absolute Gasteiger partial charge is 0.330 e. The molecule has 1 aliphatic rings. The van der Waals surface area contributed by atoms with E-state index in [-0.39, 0.29) is 17.3 Å². The molecule has 138 valence electrons. The van der Waals surface area contributed by atoms with Gasteiger partial charge in [-0.15, -0.1) is 0 Å². The van der Waals surface area contributed by atoms with Crippen LogP contribution in [-0.2, 0) is 9.53 Å². The summed E-state index contributed by atoms with van der Waals surface area (Å²) in [5.74, 6) is 0.328. The first-order valence-corrected chi connectivity index (χ1v) is 9.06. The molecule has 1 N–H and O–H groups in total. The van der Waals surface area contributed by atoms with Crippen molar-refractivity contribution in [3.63, 3.8) is 0 Å². The van der Waals surface area contributed by atoms with Gasteiger partial charge >= 0.3 is 12.0 Å². The minimum atomic E-state index is -0.210. The summed E-state index contributed by atoms with van der Waals surface area (Å²) in [7, 11) is 0. The van der Waals surface area contributed by atoms with E-state index < -0.39 is 0 Å². The molecule has 0 unspecified atom stereocenters. The predicted molar refractivity (Wildman–Crippen MR) is 97.5 cm³/mol. The standard InChI is InChI=1S/C17H25ClN4O3/c1-4-6-10-22-15-14(19-16(18)20-15)12(3)21(17(22)24)11-8-7-9-13(23)25-5-2/h3-11H2,1-2H3,(H,19,20). The molecule has 1 aromatic rings. The van der Waals surface area contributed by atoms with Gasteiger partial charge in [0.05, 0.1) is 12.3 Å². The molecule has 0 atom stereocenters. The third-order valence-electron chi connectivity index (χ3n) is 4.04. The zero-order valence-corrected chi connectivity index (χ0v) is 15.6. The number of anilines is 1. The molecule has 0 saturated heterocycles. The minimum absolute atomic E-state index is 0.148. The summed E-state index contributed by atoms with van der Waals surface area (Å²) < 4.78 is 4.91. The Hall–Kier alpha value is -2.02. The lowest BCUT2D eigenvalue weighted by Crippen LogP contribution is -2.47. The first-order valence-electron chi connectivity index (χ1n) is 8.69. The number of aromatic amines is 1. The Morgan fingerprint density at radius 3 is 2.64 bits per heavy atom. The molecule has 8 heteroatoms.